The van der Waals surface area contributed by atoms with E-state index < -0.39 is 0 Å². The van der Waals surface area contributed by atoms with Gasteiger partial charge in [0.15, 0.2) is 0 Å². The number of fused-ring (bicyclic) bond motifs is 2. The third kappa shape index (κ3) is 2.97. The van der Waals surface area contributed by atoms with Crippen molar-refractivity contribution >= 4 is 27.9 Å². The van der Waals surface area contributed by atoms with Crippen LogP contribution in [0.25, 0.3) is 33.1 Å². The van der Waals surface area contributed by atoms with Crippen molar-refractivity contribution in [2.75, 3.05) is 5.32 Å². The summed E-state index contributed by atoms with van der Waals surface area (Å²) in [6.07, 6.45) is 5.62. The molecule has 2 aromatic carbocycles. The van der Waals surface area contributed by atoms with E-state index in [0.717, 1.165) is 33.1 Å². The average molecular weight is 365 g/mol. The number of nitrogens with zero attached hydrogens (tertiary/aromatic N) is 3. The quantitative estimate of drug-likeness (QED) is 0.451. The molecule has 136 valence electrons. The first-order valence-electron chi connectivity index (χ1n) is 9.29. The lowest BCUT2D eigenvalue weighted by Gasteiger charge is -2.14. The van der Waals surface area contributed by atoms with Crippen LogP contribution in [0.4, 0.5) is 5.95 Å². The van der Waals surface area contributed by atoms with Crippen LogP contribution in [-0.4, -0.2) is 19.9 Å². The lowest BCUT2D eigenvalue weighted by molar-refractivity contribution is 0.864. The van der Waals surface area contributed by atoms with Gasteiger partial charge in [-0.05, 0) is 47.9 Å². The molecule has 0 saturated heterocycles. The Morgan fingerprint density at radius 3 is 2.75 bits per heavy atom. The highest BCUT2D eigenvalue weighted by Crippen LogP contribution is 2.29. The molecule has 0 spiro atoms. The molecule has 5 nitrogen and oxygen atoms in total. The normalized spacial score (nSPS) is 12.3. The van der Waals surface area contributed by atoms with Gasteiger partial charge in [0.2, 0.25) is 5.95 Å². The maximum Gasteiger partial charge on any atom is 0.223 e. The minimum absolute atomic E-state index is 0.136. The van der Waals surface area contributed by atoms with Crippen LogP contribution in [0, 0.1) is 0 Å². The van der Waals surface area contributed by atoms with E-state index >= 15 is 0 Å². The van der Waals surface area contributed by atoms with E-state index in [-0.39, 0.29) is 6.04 Å². The Kier molecular flexibility index (Phi) is 3.98. The molecule has 3 aromatic heterocycles. The van der Waals surface area contributed by atoms with Crippen LogP contribution in [0.1, 0.15) is 18.5 Å². The third-order valence-corrected chi connectivity index (χ3v) is 5.00. The molecule has 0 bridgehead atoms. The third-order valence-electron chi connectivity index (χ3n) is 5.00. The van der Waals surface area contributed by atoms with Crippen molar-refractivity contribution in [3.05, 3.63) is 84.8 Å². The number of benzene rings is 2. The van der Waals surface area contributed by atoms with E-state index in [1.54, 1.807) is 0 Å². The fourth-order valence-electron chi connectivity index (χ4n) is 3.50. The van der Waals surface area contributed by atoms with Gasteiger partial charge in [-0.2, -0.15) is 0 Å². The summed E-state index contributed by atoms with van der Waals surface area (Å²) < 4.78 is 0. The molecule has 3 heterocycles. The maximum atomic E-state index is 4.69. The number of hydrogen-bond acceptors (Lipinski definition) is 4. The molecule has 1 unspecified atom stereocenters. The summed E-state index contributed by atoms with van der Waals surface area (Å²) in [5, 5.41) is 5.50. The molecule has 0 amide bonds. The predicted octanol–water partition coefficient (Wildman–Crippen LogP) is 5.35. The average Bonchev–Trinajstić information content (AvgIpc) is 3.23. The molecule has 1 atom stereocenters. The second-order valence-electron chi connectivity index (χ2n) is 6.84. The van der Waals surface area contributed by atoms with E-state index in [1.165, 1.54) is 5.56 Å². The molecule has 2 N–H and O–H groups in total. The number of H-pyrrole nitrogens is 1. The first-order valence-corrected chi connectivity index (χ1v) is 9.29. The smallest absolute Gasteiger partial charge is 0.223 e. The molecule has 0 fully saturated rings. The van der Waals surface area contributed by atoms with E-state index in [0.29, 0.717) is 5.95 Å². The lowest BCUT2D eigenvalue weighted by atomic mass is 10.0. The minimum atomic E-state index is 0.136. The highest BCUT2D eigenvalue weighted by atomic mass is 15.1. The Morgan fingerprint density at radius 2 is 1.86 bits per heavy atom. The van der Waals surface area contributed by atoms with Gasteiger partial charge in [-0.3, -0.25) is 0 Å². The molecule has 0 aliphatic rings. The number of nitrogens with one attached hydrogen (secondary N) is 2. The van der Waals surface area contributed by atoms with Crippen LogP contribution in [-0.2, 0) is 0 Å². The predicted molar refractivity (Wildman–Crippen MR) is 113 cm³/mol. The highest BCUT2D eigenvalue weighted by molar-refractivity contribution is 5.95. The van der Waals surface area contributed by atoms with Gasteiger partial charge in [-0.15, -0.1) is 0 Å². The summed E-state index contributed by atoms with van der Waals surface area (Å²) in [7, 11) is 0. The van der Waals surface area contributed by atoms with Crippen molar-refractivity contribution in [3.63, 3.8) is 0 Å². The van der Waals surface area contributed by atoms with Gasteiger partial charge in [0.1, 0.15) is 5.65 Å². The zero-order valence-corrected chi connectivity index (χ0v) is 15.4. The van der Waals surface area contributed by atoms with Gasteiger partial charge in [0, 0.05) is 29.4 Å². The molecule has 0 radical (unpaired) electrons. The zero-order valence-electron chi connectivity index (χ0n) is 15.4. The molecule has 0 saturated carbocycles. The fourth-order valence-corrected chi connectivity index (χ4v) is 3.50. The molecular formula is C23H19N5. The van der Waals surface area contributed by atoms with Crippen molar-refractivity contribution in [1.82, 2.24) is 19.9 Å². The standard InChI is InChI=1S/C23H19N5/c1-15(16-5-3-2-4-6-16)27-23-26-14-18-13-17(7-8-21(18)28-23)19-9-11-24-22-20(19)10-12-25-22/h2-15H,1H3,(H,24,25)(H,26,27,28). The van der Waals surface area contributed by atoms with E-state index in [2.05, 4.69) is 62.5 Å². The SMILES string of the molecule is CC(Nc1ncc2cc(-c3ccnc4[nH]ccc34)ccc2n1)c1ccccc1. The van der Waals surface area contributed by atoms with Gasteiger partial charge in [-0.25, -0.2) is 15.0 Å². The maximum absolute atomic E-state index is 4.69. The topological polar surface area (TPSA) is 66.5 Å². The van der Waals surface area contributed by atoms with Gasteiger partial charge in [-0.1, -0.05) is 36.4 Å². The Hall–Kier alpha value is -3.73. The number of aromatic nitrogens is 4. The van der Waals surface area contributed by atoms with Crippen LogP contribution in [0.2, 0.25) is 0 Å². The summed E-state index contributed by atoms with van der Waals surface area (Å²) in [6.45, 7) is 2.11. The largest absolute Gasteiger partial charge is 0.348 e. The van der Waals surface area contributed by atoms with Gasteiger partial charge >= 0.3 is 0 Å². The Morgan fingerprint density at radius 1 is 0.964 bits per heavy atom. The molecule has 5 aromatic rings. The van der Waals surface area contributed by atoms with E-state index in [9.17, 15) is 0 Å². The Balaban J connectivity index is 1.47. The van der Waals surface area contributed by atoms with Gasteiger partial charge in [0.05, 0.1) is 11.6 Å². The number of anilines is 1. The second-order valence-corrected chi connectivity index (χ2v) is 6.84. The van der Waals surface area contributed by atoms with Crippen LogP contribution in [0.3, 0.4) is 0 Å². The molecule has 0 aliphatic carbocycles. The Labute approximate surface area is 162 Å². The number of hydrogen-bond donors (Lipinski definition) is 2. The first-order chi connectivity index (χ1) is 13.8. The van der Waals surface area contributed by atoms with E-state index in [4.69, 9.17) is 0 Å². The van der Waals surface area contributed by atoms with Crippen molar-refractivity contribution in [3.8, 4) is 11.1 Å². The van der Waals surface area contributed by atoms with Crippen LogP contribution < -0.4 is 5.32 Å². The molecule has 28 heavy (non-hydrogen) atoms. The van der Waals surface area contributed by atoms with Crippen molar-refractivity contribution < 1.29 is 0 Å². The van der Waals surface area contributed by atoms with Crippen LogP contribution in [0.5, 0.6) is 0 Å². The van der Waals surface area contributed by atoms with Gasteiger partial charge < -0.3 is 10.3 Å². The number of aromatic amines is 1. The summed E-state index contributed by atoms with van der Waals surface area (Å²) >= 11 is 0. The Bertz CT molecular complexity index is 1260. The molecule has 5 heteroatoms. The zero-order chi connectivity index (χ0) is 18.9. The minimum Gasteiger partial charge on any atom is -0.348 e. The van der Waals surface area contributed by atoms with Crippen molar-refractivity contribution in [2.24, 2.45) is 0 Å². The first kappa shape index (κ1) is 16.4. The number of pyridine rings is 1. The highest BCUT2D eigenvalue weighted by Gasteiger charge is 2.09. The lowest BCUT2D eigenvalue weighted by Crippen LogP contribution is -2.09. The second kappa shape index (κ2) is 6.78. The summed E-state index contributed by atoms with van der Waals surface area (Å²) in [6, 6.07) is 20.8. The molecule has 5 rings (SSSR count). The van der Waals surface area contributed by atoms with Crippen LogP contribution in [0.15, 0.2) is 79.3 Å². The van der Waals surface area contributed by atoms with E-state index in [1.807, 2.05) is 48.9 Å². The summed E-state index contributed by atoms with van der Waals surface area (Å²) in [5.74, 6) is 0.633. The van der Waals surface area contributed by atoms with Crippen molar-refractivity contribution in [2.45, 2.75) is 13.0 Å². The summed E-state index contributed by atoms with van der Waals surface area (Å²) in [5.41, 5.74) is 5.29. The summed E-state index contributed by atoms with van der Waals surface area (Å²) in [4.78, 5) is 16.7. The molecule has 0 aliphatic heterocycles. The number of rotatable bonds is 4. The van der Waals surface area contributed by atoms with Gasteiger partial charge in [0.25, 0.3) is 0 Å². The van der Waals surface area contributed by atoms with Crippen LogP contribution >= 0.6 is 0 Å². The molecular weight excluding hydrogens is 346 g/mol. The van der Waals surface area contributed by atoms with Crippen molar-refractivity contribution in [1.29, 1.82) is 0 Å². The monoisotopic (exact) mass is 365 g/mol. The fraction of sp³-hybridized carbons (Fsp3) is 0.0870.